The predicted octanol–water partition coefficient (Wildman–Crippen LogP) is 5.98. The van der Waals surface area contributed by atoms with Crippen LogP contribution in [0, 0.1) is 33.9 Å². The minimum absolute atomic E-state index is 0.144. The van der Waals surface area contributed by atoms with Crippen molar-refractivity contribution in [2.24, 2.45) is 10.8 Å². The molecule has 4 heteroatoms. The van der Waals surface area contributed by atoms with Gasteiger partial charge in [-0.2, -0.15) is 0 Å². The molecule has 0 amide bonds. The van der Waals surface area contributed by atoms with Crippen molar-refractivity contribution in [3.63, 3.8) is 0 Å². The first kappa shape index (κ1) is 19.0. The first-order valence-electron chi connectivity index (χ1n) is 10.6. The van der Waals surface area contributed by atoms with E-state index in [4.69, 9.17) is 20.0 Å². The molecule has 0 radical (unpaired) electrons. The van der Waals surface area contributed by atoms with Crippen LogP contribution in [0.15, 0.2) is 48.5 Å². The molecule has 4 aliphatic carbocycles. The van der Waals surface area contributed by atoms with E-state index < -0.39 is 0 Å². The highest BCUT2D eigenvalue weighted by Gasteiger charge is 2.66. The molecule has 2 aromatic rings. The quantitative estimate of drug-likeness (QED) is 0.595. The van der Waals surface area contributed by atoms with Crippen molar-refractivity contribution in [1.82, 2.24) is 0 Å². The highest BCUT2D eigenvalue weighted by molar-refractivity contribution is 5.42. The predicted molar refractivity (Wildman–Crippen MR) is 113 cm³/mol. The van der Waals surface area contributed by atoms with Crippen LogP contribution in [0.4, 0.5) is 0 Å². The second kappa shape index (κ2) is 6.26. The fourth-order valence-electron chi connectivity index (χ4n) is 8.17. The van der Waals surface area contributed by atoms with Crippen molar-refractivity contribution in [3.8, 4) is 24.0 Å². The molecule has 4 saturated carbocycles. The van der Waals surface area contributed by atoms with Gasteiger partial charge in [-0.15, -0.1) is 10.5 Å². The number of nitrogens with zero attached hydrogens (tertiary/aromatic N) is 2. The van der Waals surface area contributed by atoms with Gasteiger partial charge in [0.25, 0.3) is 12.5 Å². The zero-order valence-electron chi connectivity index (χ0n) is 17.6. The second-order valence-corrected chi connectivity index (χ2v) is 10.7. The summed E-state index contributed by atoms with van der Waals surface area (Å²) in [5.41, 5.74) is 3.66. The molecule has 4 aliphatic rings. The van der Waals surface area contributed by atoms with Crippen molar-refractivity contribution < 1.29 is 9.47 Å². The Bertz CT molecular complexity index is 959. The lowest BCUT2D eigenvalue weighted by Crippen LogP contribution is -2.62. The van der Waals surface area contributed by atoms with Crippen LogP contribution in [0.1, 0.15) is 63.5 Å². The molecule has 0 heterocycles. The van der Waals surface area contributed by atoms with Gasteiger partial charge < -0.3 is 9.47 Å². The van der Waals surface area contributed by atoms with Crippen LogP contribution >= 0.6 is 0 Å². The number of rotatable bonds is 4. The highest BCUT2D eigenvalue weighted by atomic mass is 16.5. The molecule has 0 atom stereocenters. The van der Waals surface area contributed by atoms with E-state index in [2.05, 4.69) is 38.1 Å². The lowest BCUT2D eigenvalue weighted by atomic mass is 9.34. The zero-order chi connectivity index (χ0) is 21.0. The molecule has 4 nitrogen and oxygen atoms in total. The fourth-order valence-corrected chi connectivity index (χ4v) is 8.17. The Kier molecular flexibility index (Phi) is 3.97. The monoisotopic (exact) mass is 398 g/mol. The minimum Gasteiger partial charge on any atom is -0.388 e. The number of nitriles is 2. The molecule has 0 unspecified atom stereocenters. The molecule has 4 bridgehead atoms. The summed E-state index contributed by atoms with van der Waals surface area (Å²) < 4.78 is 10.0. The van der Waals surface area contributed by atoms with Gasteiger partial charge in [-0.3, -0.25) is 0 Å². The van der Waals surface area contributed by atoms with E-state index in [0.29, 0.717) is 22.3 Å². The van der Waals surface area contributed by atoms with E-state index in [1.165, 1.54) is 43.2 Å². The summed E-state index contributed by atoms with van der Waals surface area (Å²) in [6.45, 7) is 4.96. The van der Waals surface area contributed by atoms with Gasteiger partial charge in [0.1, 0.15) is 11.5 Å². The van der Waals surface area contributed by atoms with Crippen molar-refractivity contribution in [2.75, 3.05) is 0 Å². The smallest absolute Gasteiger partial charge is 0.292 e. The van der Waals surface area contributed by atoms with Crippen molar-refractivity contribution in [2.45, 2.75) is 63.2 Å². The third-order valence-corrected chi connectivity index (χ3v) is 7.85. The zero-order valence-corrected chi connectivity index (χ0v) is 17.6. The first-order chi connectivity index (χ1) is 14.3. The van der Waals surface area contributed by atoms with Gasteiger partial charge in [0.05, 0.1) is 0 Å². The van der Waals surface area contributed by atoms with Gasteiger partial charge in [0.2, 0.25) is 0 Å². The molecule has 0 aromatic heterocycles. The summed E-state index contributed by atoms with van der Waals surface area (Å²) in [7, 11) is 0. The summed E-state index contributed by atoms with van der Waals surface area (Å²) in [4.78, 5) is 0. The molecule has 6 rings (SSSR count). The van der Waals surface area contributed by atoms with Crippen LogP contribution in [0.5, 0.6) is 11.5 Å². The molecule has 0 saturated heterocycles. The molecule has 0 aliphatic heterocycles. The Morgan fingerprint density at radius 2 is 0.967 bits per heavy atom. The molecule has 0 spiro atoms. The Hall–Kier alpha value is -2.98. The number of hydrogen-bond donors (Lipinski definition) is 0. The molecule has 0 N–H and O–H groups in total. The van der Waals surface area contributed by atoms with E-state index in [0.717, 1.165) is 6.42 Å². The lowest BCUT2D eigenvalue weighted by molar-refractivity contribution is -0.126. The second-order valence-electron chi connectivity index (χ2n) is 10.7. The minimum atomic E-state index is 0.144. The van der Waals surface area contributed by atoms with Crippen LogP contribution in [0.2, 0.25) is 0 Å². The maximum atomic E-state index is 8.80. The number of ether oxygens (including phenoxy) is 2. The maximum absolute atomic E-state index is 8.80. The van der Waals surface area contributed by atoms with Gasteiger partial charge in [0.15, 0.2) is 0 Å². The van der Waals surface area contributed by atoms with Crippen LogP contribution in [0.3, 0.4) is 0 Å². The normalized spacial score (nSPS) is 36.0. The summed E-state index contributed by atoms with van der Waals surface area (Å²) in [5, 5.41) is 17.6. The van der Waals surface area contributed by atoms with Crippen LogP contribution in [-0.4, -0.2) is 0 Å². The summed E-state index contributed by atoms with van der Waals surface area (Å²) in [6.07, 6.45) is 10.8. The number of hydrogen-bond acceptors (Lipinski definition) is 4. The first-order valence-corrected chi connectivity index (χ1v) is 10.6. The van der Waals surface area contributed by atoms with E-state index in [-0.39, 0.29) is 10.8 Å². The summed E-state index contributed by atoms with van der Waals surface area (Å²) in [6, 6.07) is 16.4. The molecular formula is C26H26N2O2. The third-order valence-electron chi connectivity index (χ3n) is 7.85. The van der Waals surface area contributed by atoms with E-state index >= 15 is 0 Å². The van der Waals surface area contributed by atoms with Gasteiger partial charge in [0, 0.05) is 0 Å². The van der Waals surface area contributed by atoms with Crippen LogP contribution < -0.4 is 9.47 Å². The molecule has 30 heavy (non-hydrogen) atoms. The highest BCUT2D eigenvalue weighted by Crippen LogP contribution is 2.74. The van der Waals surface area contributed by atoms with Crippen LogP contribution in [-0.2, 0) is 10.8 Å². The lowest BCUT2D eigenvalue weighted by Gasteiger charge is -2.70. The van der Waals surface area contributed by atoms with E-state index in [1.807, 2.05) is 24.3 Å². The molecular weight excluding hydrogens is 372 g/mol. The third kappa shape index (κ3) is 2.86. The topological polar surface area (TPSA) is 66.0 Å². The average Bonchev–Trinajstić information content (AvgIpc) is 2.67. The Morgan fingerprint density at radius 3 is 1.30 bits per heavy atom. The Labute approximate surface area is 178 Å². The number of benzene rings is 2. The largest absolute Gasteiger partial charge is 0.388 e. The molecule has 4 fully saturated rings. The maximum Gasteiger partial charge on any atom is 0.292 e. The van der Waals surface area contributed by atoms with E-state index in [1.54, 1.807) is 12.5 Å². The van der Waals surface area contributed by atoms with Gasteiger partial charge in [-0.1, -0.05) is 38.1 Å². The van der Waals surface area contributed by atoms with Crippen molar-refractivity contribution in [1.29, 1.82) is 10.5 Å². The SMILES string of the molecule is CC12CC3(C)CC(c4ccc(OC#N)cc4)(C1)CC(c1ccc(OC#N)cc1)(C2)C3. The fraction of sp³-hybridized carbons (Fsp3) is 0.462. The standard InChI is InChI=1S/C26H26N2O2/c1-23-11-24(2)14-25(12-23,19-3-7-21(8-4-19)29-17-27)16-26(13-23,15-24)20-5-9-22(10-6-20)30-18-28/h3-10H,11-16H2,1-2H3. The molecule has 2 aromatic carbocycles. The van der Waals surface area contributed by atoms with Crippen molar-refractivity contribution in [3.05, 3.63) is 59.7 Å². The van der Waals surface area contributed by atoms with Gasteiger partial charge >= 0.3 is 0 Å². The summed E-state index contributed by atoms with van der Waals surface area (Å²) >= 11 is 0. The Balaban J connectivity index is 1.58. The van der Waals surface area contributed by atoms with Crippen LogP contribution in [0.25, 0.3) is 0 Å². The average molecular weight is 399 g/mol. The van der Waals surface area contributed by atoms with Gasteiger partial charge in [-0.25, -0.2) is 0 Å². The summed E-state index contributed by atoms with van der Waals surface area (Å²) in [5.74, 6) is 1.21. The molecule has 152 valence electrons. The van der Waals surface area contributed by atoms with E-state index in [9.17, 15) is 0 Å². The van der Waals surface area contributed by atoms with Gasteiger partial charge in [-0.05, 0) is 95.6 Å². The Morgan fingerprint density at radius 1 is 0.600 bits per heavy atom. The van der Waals surface area contributed by atoms with Crippen molar-refractivity contribution >= 4 is 0 Å².